The molecule has 0 bridgehead atoms. The first-order valence-corrected chi connectivity index (χ1v) is 9.90. The number of thioether (sulfide) groups is 1. The Balaban J connectivity index is 1.39. The normalized spacial score (nSPS) is 13.5. The Hall–Kier alpha value is -2.53. The molecule has 0 atom stereocenters. The van der Waals surface area contributed by atoms with Crippen LogP contribution in [0.15, 0.2) is 72.0 Å². The van der Waals surface area contributed by atoms with E-state index in [1.807, 2.05) is 42.6 Å². The summed E-state index contributed by atoms with van der Waals surface area (Å²) >= 11 is 1.66. The minimum absolute atomic E-state index is 0.0384. The summed E-state index contributed by atoms with van der Waals surface area (Å²) in [5, 5.41) is 3.94. The standard InChI is InChI=1S/C21H21N3OS/c25-20(23-17-9-5-2-6-10-17)13-14-26-21-22-15-19(24(21)18-11-12-18)16-7-3-1-4-8-16/h1-10,15,18H,11-14H2,(H,23,25). The number of carbonyl (C=O) groups excluding carboxylic acids is 1. The molecule has 0 radical (unpaired) electrons. The largest absolute Gasteiger partial charge is 0.326 e. The third kappa shape index (κ3) is 3.99. The number of anilines is 1. The summed E-state index contributed by atoms with van der Waals surface area (Å²) in [5.74, 6) is 0.757. The van der Waals surface area contributed by atoms with Crippen molar-refractivity contribution in [2.45, 2.75) is 30.5 Å². The number of nitrogens with zero attached hydrogens (tertiary/aromatic N) is 2. The molecule has 0 saturated heterocycles. The molecule has 3 aromatic rings. The van der Waals surface area contributed by atoms with Gasteiger partial charge in [-0.05, 0) is 30.5 Å². The van der Waals surface area contributed by atoms with Crippen molar-refractivity contribution in [1.29, 1.82) is 0 Å². The zero-order chi connectivity index (χ0) is 17.8. The fourth-order valence-electron chi connectivity index (χ4n) is 2.94. The maximum Gasteiger partial charge on any atom is 0.225 e. The molecule has 0 unspecified atom stereocenters. The van der Waals surface area contributed by atoms with Gasteiger partial charge in [0.15, 0.2) is 5.16 Å². The molecule has 1 aromatic heterocycles. The van der Waals surface area contributed by atoms with Crippen molar-refractivity contribution in [3.8, 4) is 11.3 Å². The van der Waals surface area contributed by atoms with Crippen molar-refractivity contribution in [2.24, 2.45) is 0 Å². The fourth-order valence-corrected chi connectivity index (χ4v) is 3.92. The zero-order valence-electron chi connectivity index (χ0n) is 14.5. The number of nitrogens with one attached hydrogen (secondary N) is 1. The van der Waals surface area contributed by atoms with Crippen molar-refractivity contribution in [1.82, 2.24) is 9.55 Å². The van der Waals surface area contributed by atoms with Gasteiger partial charge in [0.1, 0.15) is 0 Å². The molecule has 2 aromatic carbocycles. The molecule has 4 rings (SSSR count). The maximum absolute atomic E-state index is 12.1. The number of carbonyl (C=O) groups is 1. The Morgan fingerprint density at radius 2 is 1.77 bits per heavy atom. The summed E-state index contributed by atoms with van der Waals surface area (Å²) in [5.41, 5.74) is 3.21. The predicted molar refractivity (Wildman–Crippen MR) is 106 cm³/mol. The molecule has 1 heterocycles. The second kappa shape index (κ2) is 7.79. The van der Waals surface area contributed by atoms with Crippen molar-refractivity contribution in [3.05, 3.63) is 66.9 Å². The minimum atomic E-state index is 0.0384. The van der Waals surface area contributed by atoms with Gasteiger partial charge in [-0.15, -0.1) is 0 Å². The van der Waals surface area contributed by atoms with Crippen molar-refractivity contribution in [2.75, 3.05) is 11.1 Å². The van der Waals surface area contributed by atoms with Crippen LogP contribution < -0.4 is 5.32 Å². The summed E-state index contributed by atoms with van der Waals surface area (Å²) in [6.07, 6.45) is 4.84. The van der Waals surface area contributed by atoms with E-state index in [9.17, 15) is 4.79 Å². The highest BCUT2D eigenvalue weighted by Crippen LogP contribution is 2.41. The highest BCUT2D eigenvalue weighted by Gasteiger charge is 2.29. The number of hydrogen-bond donors (Lipinski definition) is 1. The smallest absolute Gasteiger partial charge is 0.225 e. The van der Waals surface area contributed by atoms with Gasteiger partial charge in [-0.25, -0.2) is 4.98 Å². The lowest BCUT2D eigenvalue weighted by atomic mass is 10.2. The average molecular weight is 363 g/mol. The van der Waals surface area contributed by atoms with E-state index in [4.69, 9.17) is 0 Å². The Kier molecular flexibility index (Phi) is 5.07. The number of rotatable bonds is 7. The van der Waals surface area contributed by atoms with E-state index >= 15 is 0 Å². The van der Waals surface area contributed by atoms with Crippen LogP contribution in [0.25, 0.3) is 11.3 Å². The van der Waals surface area contributed by atoms with Crippen molar-refractivity contribution >= 4 is 23.4 Å². The molecule has 1 N–H and O–H groups in total. The number of imidazole rings is 1. The van der Waals surface area contributed by atoms with Gasteiger partial charge in [-0.1, -0.05) is 60.3 Å². The topological polar surface area (TPSA) is 46.9 Å². The van der Waals surface area contributed by atoms with E-state index < -0.39 is 0 Å². The summed E-state index contributed by atoms with van der Waals surface area (Å²) in [7, 11) is 0. The van der Waals surface area contributed by atoms with Crippen LogP contribution in [0.2, 0.25) is 0 Å². The van der Waals surface area contributed by atoms with Crippen LogP contribution in [0.5, 0.6) is 0 Å². The average Bonchev–Trinajstić information content (AvgIpc) is 3.43. The first kappa shape index (κ1) is 16.9. The molecular formula is C21H21N3OS. The monoisotopic (exact) mass is 363 g/mol. The van der Waals surface area contributed by atoms with Crippen LogP contribution in [-0.2, 0) is 4.79 Å². The predicted octanol–water partition coefficient (Wildman–Crippen LogP) is 5.01. The molecular weight excluding hydrogens is 342 g/mol. The molecule has 1 fully saturated rings. The first-order valence-electron chi connectivity index (χ1n) is 8.91. The van der Waals surface area contributed by atoms with Crippen molar-refractivity contribution in [3.63, 3.8) is 0 Å². The molecule has 0 aliphatic heterocycles. The van der Waals surface area contributed by atoms with Crippen LogP contribution in [-0.4, -0.2) is 21.2 Å². The lowest BCUT2D eigenvalue weighted by Gasteiger charge is -2.11. The summed E-state index contributed by atoms with van der Waals surface area (Å²) in [6, 6.07) is 20.5. The maximum atomic E-state index is 12.1. The van der Waals surface area contributed by atoms with E-state index in [-0.39, 0.29) is 5.91 Å². The van der Waals surface area contributed by atoms with Gasteiger partial charge in [0.2, 0.25) is 5.91 Å². The number of para-hydroxylation sites is 1. The quantitative estimate of drug-likeness (QED) is 0.601. The van der Waals surface area contributed by atoms with Crippen LogP contribution >= 0.6 is 11.8 Å². The minimum Gasteiger partial charge on any atom is -0.326 e. The van der Waals surface area contributed by atoms with Gasteiger partial charge in [-0.3, -0.25) is 4.79 Å². The highest BCUT2D eigenvalue weighted by molar-refractivity contribution is 7.99. The van der Waals surface area contributed by atoms with Crippen LogP contribution in [0.4, 0.5) is 5.69 Å². The van der Waals surface area contributed by atoms with Gasteiger partial charge in [0, 0.05) is 23.9 Å². The second-order valence-electron chi connectivity index (χ2n) is 6.41. The van der Waals surface area contributed by atoms with E-state index in [2.05, 4.69) is 39.1 Å². The van der Waals surface area contributed by atoms with E-state index in [1.54, 1.807) is 11.8 Å². The summed E-state index contributed by atoms with van der Waals surface area (Å²) in [6.45, 7) is 0. The van der Waals surface area contributed by atoms with Gasteiger partial charge >= 0.3 is 0 Å². The van der Waals surface area contributed by atoms with Crippen molar-refractivity contribution < 1.29 is 4.79 Å². The molecule has 1 aliphatic carbocycles. The molecule has 1 saturated carbocycles. The lowest BCUT2D eigenvalue weighted by Crippen LogP contribution is -2.12. The third-order valence-electron chi connectivity index (χ3n) is 4.36. The SMILES string of the molecule is O=C(CCSc1ncc(-c2ccccc2)n1C1CC1)Nc1ccccc1. The van der Waals surface area contributed by atoms with Gasteiger partial charge in [0.05, 0.1) is 11.9 Å². The molecule has 132 valence electrons. The van der Waals surface area contributed by atoms with Crippen LogP contribution in [0.3, 0.4) is 0 Å². The molecule has 1 amide bonds. The van der Waals surface area contributed by atoms with Gasteiger partial charge in [-0.2, -0.15) is 0 Å². The van der Waals surface area contributed by atoms with Crippen LogP contribution in [0.1, 0.15) is 25.3 Å². The Morgan fingerprint density at radius 3 is 2.46 bits per heavy atom. The molecule has 26 heavy (non-hydrogen) atoms. The Morgan fingerprint density at radius 1 is 1.08 bits per heavy atom. The Labute approximate surface area is 157 Å². The molecule has 5 heteroatoms. The van der Waals surface area contributed by atoms with E-state index in [1.165, 1.54) is 24.1 Å². The highest BCUT2D eigenvalue weighted by atomic mass is 32.2. The van der Waals surface area contributed by atoms with E-state index in [0.717, 1.165) is 16.6 Å². The molecule has 1 aliphatic rings. The van der Waals surface area contributed by atoms with E-state index in [0.29, 0.717) is 12.5 Å². The number of hydrogen-bond acceptors (Lipinski definition) is 3. The third-order valence-corrected chi connectivity index (χ3v) is 5.33. The molecule has 4 nitrogen and oxygen atoms in total. The van der Waals surface area contributed by atoms with Crippen LogP contribution in [0, 0.1) is 0 Å². The molecule has 0 spiro atoms. The summed E-state index contributed by atoms with van der Waals surface area (Å²) in [4.78, 5) is 16.7. The number of amides is 1. The number of benzene rings is 2. The lowest BCUT2D eigenvalue weighted by molar-refractivity contribution is -0.115. The number of aromatic nitrogens is 2. The summed E-state index contributed by atoms with van der Waals surface area (Å²) < 4.78 is 2.34. The van der Waals surface area contributed by atoms with Gasteiger partial charge in [0.25, 0.3) is 0 Å². The fraction of sp³-hybridized carbons (Fsp3) is 0.238. The zero-order valence-corrected chi connectivity index (χ0v) is 15.3. The Bertz CT molecular complexity index is 873. The van der Waals surface area contributed by atoms with Gasteiger partial charge < -0.3 is 9.88 Å². The first-order chi connectivity index (χ1) is 12.8. The second-order valence-corrected chi connectivity index (χ2v) is 7.47.